The number of hydrogen-bond acceptors (Lipinski definition) is 6. The van der Waals surface area contributed by atoms with Crippen LogP contribution in [0.15, 0.2) is 41.8 Å². The van der Waals surface area contributed by atoms with Crippen LogP contribution in [0.1, 0.15) is 17.0 Å². The van der Waals surface area contributed by atoms with Gasteiger partial charge in [-0.15, -0.1) is 0 Å². The highest BCUT2D eigenvalue weighted by Gasteiger charge is 2.38. The monoisotopic (exact) mass is 482 g/mol. The first-order valence-electron chi connectivity index (χ1n) is 9.87. The van der Waals surface area contributed by atoms with Gasteiger partial charge in [-0.25, -0.2) is 19.8 Å². The minimum Gasteiger partial charge on any atom is -0.370 e. The lowest BCUT2D eigenvalue weighted by Gasteiger charge is -2.32. The van der Waals surface area contributed by atoms with Gasteiger partial charge in [0.1, 0.15) is 6.61 Å². The van der Waals surface area contributed by atoms with Crippen molar-refractivity contribution in [1.82, 2.24) is 25.2 Å². The summed E-state index contributed by atoms with van der Waals surface area (Å²) in [5.41, 5.74) is 1.52. The summed E-state index contributed by atoms with van der Waals surface area (Å²) in [5, 5.41) is 8.72. The molecule has 0 bridgehead atoms. The summed E-state index contributed by atoms with van der Waals surface area (Å²) in [6.45, 7) is 0.689. The Kier molecular flexibility index (Phi) is 6.47. The molecule has 3 amide bonds. The fraction of sp³-hybridized carbons (Fsp3) is 0.350. The van der Waals surface area contributed by atoms with E-state index in [1.165, 1.54) is 5.01 Å². The molecule has 13 heteroatoms. The van der Waals surface area contributed by atoms with Gasteiger partial charge in [-0.3, -0.25) is 4.79 Å². The van der Waals surface area contributed by atoms with Gasteiger partial charge in [0.25, 0.3) is 0 Å². The lowest BCUT2D eigenvalue weighted by molar-refractivity contribution is -0.145. The van der Waals surface area contributed by atoms with E-state index in [0.717, 1.165) is 12.4 Å². The third kappa shape index (κ3) is 5.22. The average Bonchev–Trinajstić information content (AvgIpc) is 3.23. The molecule has 1 aromatic heterocycles. The zero-order valence-corrected chi connectivity index (χ0v) is 17.8. The van der Waals surface area contributed by atoms with Crippen molar-refractivity contribution >= 4 is 29.3 Å². The number of urea groups is 1. The molecule has 0 unspecified atom stereocenters. The first kappa shape index (κ1) is 22.9. The van der Waals surface area contributed by atoms with Crippen LogP contribution in [0, 0.1) is 0 Å². The van der Waals surface area contributed by atoms with Crippen LogP contribution in [0.4, 0.5) is 18.0 Å². The van der Waals surface area contributed by atoms with E-state index in [4.69, 9.17) is 16.3 Å². The molecule has 1 saturated heterocycles. The minimum atomic E-state index is -4.64. The predicted octanol–water partition coefficient (Wildman–Crippen LogP) is 2.31. The van der Waals surface area contributed by atoms with E-state index in [9.17, 15) is 22.8 Å². The molecular formula is C20H18ClF3N6O3. The lowest BCUT2D eigenvalue weighted by Crippen LogP contribution is -2.52. The maximum Gasteiger partial charge on any atom is 0.451 e. The Morgan fingerprint density at radius 2 is 1.91 bits per heavy atom. The predicted molar refractivity (Wildman–Crippen MR) is 110 cm³/mol. The van der Waals surface area contributed by atoms with Gasteiger partial charge in [0.15, 0.2) is 0 Å². The maximum absolute atomic E-state index is 12.7. The molecule has 174 valence electrons. The topological polar surface area (TPSA) is 100 Å². The number of hydrazone groups is 1. The third-order valence-electron chi connectivity index (χ3n) is 5.07. The first-order valence-corrected chi connectivity index (χ1v) is 10.3. The molecule has 0 aliphatic carbocycles. The number of benzene rings is 1. The van der Waals surface area contributed by atoms with Crippen molar-refractivity contribution in [3.63, 3.8) is 0 Å². The Labute approximate surface area is 191 Å². The second kappa shape index (κ2) is 9.32. The number of ether oxygens (including phenoxy) is 1. The third-order valence-corrected chi connectivity index (χ3v) is 5.32. The normalized spacial score (nSPS) is 19.0. The van der Waals surface area contributed by atoms with E-state index in [1.54, 1.807) is 29.2 Å². The van der Waals surface area contributed by atoms with Crippen LogP contribution >= 0.6 is 11.6 Å². The molecule has 0 saturated carbocycles. The smallest absolute Gasteiger partial charge is 0.370 e. The Balaban J connectivity index is 1.49. The van der Waals surface area contributed by atoms with E-state index < -0.39 is 24.1 Å². The van der Waals surface area contributed by atoms with Gasteiger partial charge in [-0.2, -0.15) is 18.3 Å². The fourth-order valence-corrected chi connectivity index (χ4v) is 3.58. The molecule has 1 atom stereocenters. The van der Waals surface area contributed by atoms with Gasteiger partial charge in [-0.1, -0.05) is 23.7 Å². The number of carbonyl (C=O) groups is 2. The zero-order valence-electron chi connectivity index (χ0n) is 17.0. The molecule has 2 aliphatic heterocycles. The van der Waals surface area contributed by atoms with Crippen LogP contribution in [-0.2, 0) is 22.3 Å². The number of nitrogens with one attached hydrogen (secondary N) is 1. The van der Waals surface area contributed by atoms with Crippen LogP contribution < -0.4 is 5.32 Å². The number of aromatic nitrogens is 2. The number of rotatable bonds is 4. The van der Waals surface area contributed by atoms with Gasteiger partial charge in [0, 0.05) is 41.6 Å². The summed E-state index contributed by atoms with van der Waals surface area (Å²) in [6.07, 6.45) is -2.65. The Hall–Kier alpha value is -3.25. The largest absolute Gasteiger partial charge is 0.451 e. The summed E-state index contributed by atoms with van der Waals surface area (Å²) < 4.78 is 43.0. The van der Waals surface area contributed by atoms with E-state index in [-0.39, 0.29) is 31.2 Å². The molecule has 1 fully saturated rings. The molecule has 1 N–H and O–H groups in total. The van der Waals surface area contributed by atoms with Crippen LogP contribution in [0.2, 0.25) is 5.02 Å². The number of alkyl halides is 3. The molecular weight excluding hydrogens is 465 g/mol. The molecule has 9 nitrogen and oxygen atoms in total. The van der Waals surface area contributed by atoms with Crippen LogP contribution in [-0.4, -0.2) is 69.9 Å². The summed E-state index contributed by atoms with van der Waals surface area (Å²) in [7, 11) is 0. The Morgan fingerprint density at radius 3 is 2.55 bits per heavy atom. The number of amides is 3. The van der Waals surface area contributed by atoms with Crippen molar-refractivity contribution in [1.29, 1.82) is 0 Å². The number of carbonyl (C=O) groups excluding carboxylic acids is 2. The van der Waals surface area contributed by atoms with E-state index in [2.05, 4.69) is 20.4 Å². The van der Waals surface area contributed by atoms with E-state index in [0.29, 0.717) is 29.4 Å². The molecule has 2 aromatic rings. The number of hydrogen-bond donors (Lipinski definition) is 1. The standard InChI is InChI=1S/C20H18ClF3N6O3/c21-14-3-1-13(2-4-14)17-15(29-5-6-33-11-16(29)31)10-30(28-17)19(32)27-9-12-7-25-18(26-8-12)20(22,23)24/h1-4,7-8,15H,5-6,9-11H2,(H,27,32)/t15-/m1/s1. The van der Waals surface area contributed by atoms with Crippen molar-refractivity contribution in [3.05, 3.63) is 58.6 Å². The molecule has 2 aliphatic rings. The van der Waals surface area contributed by atoms with Gasteiger partial charge in [0.05, 0.1) is 24.9 Å². The van der Waals surface area contributed by atoms with Crippen LogP contribution in [0.5, 0.6) is 0 Å². The minimum absolute atomic E-state index is 0.0511. The molecule has 0 radical (unpaired) electrons. The quantitative estimate of drug-likeness (QED) is 0.721. The SMILES string of the molecule is O=C(NCc1cnc(C(F)(F)F)nc1)N1C[C@@H](N2CCOCC2=O)C(c2ccc(Cl)cc2)=N1. The second-order valence-electron chi connectivity index (χ2n) is 7.30. The summed E-state index contributed by atoms with van der Waals surface area (Å²) in [5.74, 6) is -1.47. The summed E-state index contributed by atoms with van der Waals surface area (Å²) >= 11 is 5.97. The van der Waals surface area contributed by atoms with Crippen LogP contribution in [0.25, 0.3) is 0 Å². The Bertz CT molecular complexity index is 1060. The molecule has 33 heavy (non-hydrogen) atoms. The number of nitrogens with zero attached hydrogens (tertiary/aromatic N) is 5. The van der Waals surface area contributed by atoms with Crippen LogP contribution in [0.3, 0.4) is 0 Å². The molecule has 4 rings (SSSR count). The molecule has 0 spiro atoms. The highest BCUT2D eigenvalue weighted by Crippen LogP contribution is 2.25. The van der Waals surface area contributed by atoms with Gasteiger partial charge in [0.2, 0.25) is 11.7 Å². The van der Waals surface area contributed by atoms with E-state index in [1.807, 2.05) is 0 Å². The van der Waals surface area contributed by atoms with Gasteiger partial charge >= 0.3 is 12.2 Å². The lowest BCUT2D eigenvalue weighted by atomic mass is 10.0. The summed E-state index contributed by atoms with van der Waals surface area (Å²) in [6, 6.07) is 5.81. The molecule has 3 heterocycles. The number of halogens is 4. The highest BCUT2D eigenvalue weighted by atomic mass is 35.5. The first-order chi connectivity index (χ1) is 15.7. The van der Waals surface area contributed by atoms with E-state index >= 15 is 0 Å². The van der Waals surface area contributed by atoms with Gasteiger partial charge < -0.3 is 15.0 Å². The van der Waals surface area contributed by atoms with Crippen molar-refractivity contribution in [3.8, 4) is 0 Å². The maximum atomic E-state index is 12.7. The second-order valence-corrected chi connectivity index (χ2v) is 7.74. The van der Waals surface area contributed by atoms with Crippen molar-refractivity contribution in [2.24, 2.45) is 5.10 Å². The highest BCUT2D eigenvalue weighted by molar-refractivity contribution is 6.30. The number of morpholine rings is 1. The Morgan fingerprint density at radius 1 is 1.21 bits per heavy atom. The summed E-state index contributed by atoms with van der Waals surface area (Å²) in [4.78, 5) is 33.3. The van der Waals surface area contributed by atoms with Crippen molar-refractivity contribution < 1.29 is 27.5 Å². The fourth-order valence-electron chi connectivity index (χ4n) is 3.45. The molecule has 1 aromatic carbocycles. The van der Waals surface area contributed by atoms with Crippen molar-refractivity contribution in [2.45, 2.75) is 18.8 Å². The zero-order chi connectivity index (χ0) is 23.6. The average molecular weight is 483 g/mol. The van der Waals surface area contributed by atoms with Gasteiger partial charge in [-0.05, 0) is 12.1 Å². The van der Waals surface area contributed by atoms with Crippen molar-refractivity contribution in [2.75, 3.05) is 26.3 Å².